The highest BCUT2D eigenvalue weighted by Gasteiger charge is 2.38. The molecule has 0 aromatic carbocycles. The van der Waals surface area contributed by atoms with Crippen LogP contribution < -0.4 is 5.32 Å². The van der Waals surface area contributed by atoms with Gasteiger partial charge in [0.1, 0.15) is 0 Å². The zero-order valence-corrected chi connectivity index (χ0v) is 9.10. The first-order valence-electron chi connectivity index (χ1n) is 5.34. The van der Waals surface area contributed by atoms with Gasteiger partial charge >= 0.3 is 0 Å². The van der Waals surface area contributed by atoms with E-state index in [1.807, 2.05) is 13.8 Å². The first kappa shape index (κ1) is 11.0. The third kappa shape index (κ3) is 2.66. The van der Waals surface area contributed by atoms with E-state index < -0.39 is 0 Å². The molecule has 1 unspecified atom stereocenters. The molecule has 1 N–H and O–H groups in total. The summed E-state index contributed by atoms with van der Waals surface area (Å²) in [4.78, 5) is 2.34. The number of likely N-dealkylation sites (N-methyl/N-ethyl adjacent to an activating group) is 1. The minimum absolute atomic E-state index is 0.160. The summed E-state index contributed by atoms with van der Waals surface area (Å²) in [5.41, 5.74) is 0.160. The average molecular weight is 186 g/mol. The summed E-state index contributed by atoms with van der Waals surface area (Å²) in [5, 5.41) is 3.39. The van der Waals surface area contributed by atoms with Crippen LogP contribution in [0.1, 0.15) is 20.3 Å². The lowest BCUT2D eigenvalue weighted by Gasteiger charge is -2.33. The van der Waals surface area contributed by atoms with Crippen molar-refractivity contribution < 1.29 is 4.74 Å². The number of hydrogen-bond acceptors (Lipinski definition) is 3. The number of hydrogen-bond donors (Lipinski definition) is 1. The quantitative estimate of drug-likeness (QED) is 0.603. The third-order valence-corrected chi connectivity index (χ3v) is 2.64. The number of nitrogens with one attached hydrogen (secondary N) is 1. The van der Waals surface area contributed by atoms with Crippen LogP contribution in [-0.4, -0.2) is 50.3 Å². The number of morpholine rings is 1. The van der Waals surface area contributed by atoms with E-state index in [1.54, 1.807) is 0 Å². The van der Waals surface area contributed by atoms with E-state index in [0.717, 1.165) is 26.2 Å². The minimum atomic E-state index is 0.160. The highest BCUT2D eigenvalue weighted by molar-refractivity contribution is 4.94. The molecule has 2 aliphatic rings. The fourth-order valence-electron chi connectivity index (χ4n) is 2.01. The topological polar surface area (TPSA) is 24.5 Å². The Balaban J connectivity index is 0.000000396. The van der Waals surface area contributed by atoms with E-state index in [-0.39, 0.29) is 5.60 Å². The van der Waals surface area contributed by atoms with Crippen LogP contribution in [0, 0.1) is 0 Å². The van der Waals surface area contributed by atoms with E-state index in [9.17, 15) is 0 Å². The molecular formula is C10H22N2O. The van der Waals surface area contributed by atoms with Gasteiger partial charge in [-0.05, 0) is 13.5 Å². The Morgan fingerprint density at radius 2 is 2.15 bits per heavy atom. The predicted octanol–water partition coefficient (Wildman–Crippen LogP) is 0.707. The zero-order valence-electron chi connectivity index (χ0n) is 9.10. The van der Waals surface area contributed by atoms with Gasteiger partial charge in [0.15, 0.2) is 0 Å². The van der Waals surface area contributed by atoms with Gasteiger partial charge in [-0.25, -0.2) is 0 Å². The number of nitrogens with zero attached hydrogens (tertiary/aromatic N) is 1. The highest BCUT2D eigenvalue weighted by atomic mass is 16.5. The Bertz CT molecular complexity index is 138. The molecule has 3 nitrogen and oxygen atoms in total. The zero-order chi connectivity index (χ0) is 9.73. The molecule has 3 heteroatoms. The van der Waals surface area contributed by atoms with Gasteiger partial charge < -0.3 is 15.0 Å². The maximum absolute atomic E-state index is 5.79. The molecule has 2 saturated heterocycles. The monoisotopic (exact) mass is 186 g/mol. The van der Waals surface area contributed by atoms with Gasteiger partial charge in [0.2, 0.25) is 0 Å². The summed E-state index contributed by atoms with van der Waals surface area (Å²) < 4.78 is 5.79. The second kappa shape index (κ2) is 4.94. The molecule has 0 aliphatic carbocycles. The van der Waals surface area contributed by atoms with Gasteiger partial charge in [0.05, 0.1) is 12.2 Å². The van der Waals surface area contributed by atoms with E-state index in [1.165, 1.54) is 13.0 Å². The molecular weight excluding hydrogens is 164 g/mol. The van der Waals surface area contributed by atoms with Crippen LogP contribution in [0.2, 0.25) is 0 Å². The van der Waals surface area contributed by atoms with E-state index in [2.05, 4.69) is 17.3 Å². The molecule has 2 rings (SSSR count). The van der Waals surface area contributed by atoms with Crippen LogP contribution in [0.15, 0.2) is 0 Å². The van der Waals surface area contributed by atoms with E-state index in [0.29, 0.717) is 0 Å². The van der Waals surface area contributed by atoms with E-state index in [4.69, 9.17) is 4.74 Å². The fraction of sp³-hybridized carbons (Fsp3) is 1.00. The van der Waals surface area contributed by atoms with Gasteiger partial charge in [-0.3, -0.25) is 0 Å². The SMILES string of the molecule is CC.CN1CCC2(CNCCO2)C1. The molecule has 0 aromatic heterocycles. The molecule has 0 amide bonds. The van der Waals surface area contributed by atoms with Crippen molar-refractivity contribution in [3.63, 3.8) is 0 Å². The Kier molecular flexibility index (Phi) is 4.16. The molecule has 1 atom stereocenters. The summed E-state index contributed by atoms with van der Waals surface area (Å²) >= 11 is 0. The Hall–Kier alpha value is -0.120. The third-order valence-electron chi connectivity index (χ3n) is 2.64. The van der Waals surface area contributed by atoms with Gasteiger partial charge in [0.25, 0.3) is 0 Å². The molecule has 2 aliphatic heterocycles. The number of ether oxygens (including phenoxy) is 1. The normalized spacial score (nSPS) is 34.4. The molecule has 0 bridgehead atoms. The summed E-state index contributed by atoms with van der Waals surface area (Å²) in [6, 6.07) is 0. The lowest BCUT2D eigenvalue weighted by atomic mass is 10.0. The summed E-state index contributed by atoms with van der Waals surface area (Å²) in [6.07, 6.45) is 1.19. The summed E-state index contributed by atoms with van der Waals surface area (Å²) in [7, 11) is 2.16. The fourth-order valence-corrected chi connectivity index (χ4v) is 2.01. The Morgan fingerprint density at radius 3 is 2.62 bits per heavy atom. The van der Waals surface area contributed by atoms with Crippen molar-refractivity contribution in [1.82, 2.24) is 10.2 Å². The molecule has 0 aromatic rings. The maximum atomic E-state index is 5.79. The van der Waals surface area contributed by atoms with Crippen molar-refractivity contribution in [2.24, 2.45) is 0 Å². The smallest absolute Gasteiger partial charge is 0.0944 e. The first-order chi connectivity index (χ1) is 6.31. The van der Waals surface area contributed by atoms with Crippen LogP contribution in [0.3, 0.4) is 0 Å². The van der Waals surface area contributed by atoms with Crippen molar-refractivity contribution in [3.8, 4) is 0 Å². The van der Waals surface area contributed by atoms with Gasteiger partial charge in [-0.15, -0.1) is 0 Å². The average Bonchev–Trinajstić information content (AvgIpc) is 2.52. The number of rotatable bonds is 0. The second-order valence-electron chi connectivity index (χ2n) is 3.70. The van der Waals surface area contributed by atoms with Gasteiger partial charge in [0, 0.05) is 26.2 Å². The molecule has 1 spiro atoms. The van der Waals surface area contributed by atoms with Crippen LogP contribution in [-0.2, 0) is 4.74 Å². The van der Waals surface area contributed by atoms with Crippen LogP contribution in [0.4, 0.5) is 0 Å². The van der Waals surface area contributed by atoms with E-state index >= 15 is 0 Å². The molecule has 78 valence electrons. The Morgan fingerprint density at radius 1 is 1.38 bits per heavy atom. The van der Waals surface area contributed by atoms with Crippen molar-refractivity contribution >= 4 is 0 Å². The largest absolute Gasteiger partial charge is 0.371 e. The molecule has 0 radical (unpaired) electrons. The van der Waals surface area contributed by atoms with Crippen LogP contribution in [0.5, 0.6) is 0 Å². The lowest BCUT2D eigenvalue weighted by Crippen LogP contribution is -2.51. The molecule has 0 saturated carbocycles. The summed E-state index contributed by atoms with van der Waals surface area (Å²) in [6.45, 7) is 9.22. The predicted molar refractivity (Wildman–Crippen MR) is 55.0 cm³/mol. The Labute approximate surface area is 81.4 Å². The molecule has 13 heavy (non-hydrogen) atoms. The van der Waals surface area contributed by atoms with Crippen molar-refractivity contribution in [2.45, 2.75) is 25.9 Å². The van der Waals surface area contributed by atoms with Gasteiger partial charge in [-0.2, -0.15) is 0 Å². The second-order valence-corrected chi connectivity index (χ2v) is 3.70. The standard InChI is InChI=1S/C8H16N2O.C2H6/c1-10-4-2-8(7-10)6-9-3-5-11-8;1-2/h9H,2-7H2,1H3;1-2H3. The molecule has 2 heterocycles. The van der Waals surface area contributed by atoms with Crippen molar-refractivity contribution in [3.05, 3.63) is 0 Å². The molecule has 2 fully saturated rings. The highest BCUT2D eigenvalue weighted by Crippen LogP contribution is 2.24. The minimum Gasteiger partial charge on any atom is -0.371 e. The van der Waals surface area contributed by atoms with Crippen molar-refractivity contribution in [1.29, 1.82) is 0 Å². The van der Waals surface area contributed by atoms with Crippen LogP contribution >= 0.6 is 0 Å². The lowest BCUT2D eigenvalue weighted by molar-refractivity contribution is -0.0560. The first-order valence-corrected chi connectivity index (χ1v) is 5.34. The maximum Gasteiger partial charge on any atom is 0.0944 e. The van der Waals surface area contributed by atoms with Crippen molar-refractivity contribution in [2.75, 3.05) is 39.8 Å². The number of likely N-dealkylation sites (tertiary alicyclic amines) is 1. The van der Waals surface area contributed by atoms with Crippen LogP contribution in [0.25, 0.3) is 0 Å². The summed E-state index contributed by atoms with van der Waals surface area (Å²) in [5.74, 6) is 0. The van der Waals surface area contributed by atoms with Gasteiger partial charge in [-0.1, -0.05) is 13.8 Å².